The number of hydrogen-bond acceptors (Lipinski definition) is 6. The molecule has 0 N–H and O–H groups in total. The number of fused-ring (bicyclic) bond motifs is 1. The summed E-state index contributed by atoms with van der Waals surface area (Å²) in [5, 5.41) is -0.00276. The van der Waals surface area contributed by atoms with Crippen LogP contribution in [0.5, 0.6) is 5.75 Å². The van der Waals surface area contributed by atoms with Gasteiger partial charge in [0.25, 0.3) is 0 Å². The Morgan fingerprint density at radius 3 is 2.62 bits per heavy atom. The molecular weight excluding hydrogens is 334 g/mol. The first-order chi connectivity index (χ1) is 11.4. The topological polar surface area (TPSA) is 95.6 Å². The standard InChI is InChI=1S/C16H17NO6S/c1-17-13-11(14(18)23-15(17)19)3-2-4-12(13)22-9-16(7-8-16)24(20,21)10-5-6-10/h2-4,10H,5-9H2,1H3. The maximum Gasteiger partial charge on any atom is 0.422 e. The number of nitrogens with zero attached hydrogens (tertiary/aromatic N) is 1. The minimum absolute atomic E-state index is 0.0410. The fraction of sp³-hybridized carbons (Fsp3) is 0.500. The molecule has 1 heterocycles. The van der Waals surface area contributed by atoms with E-state index in [1.165, 1.54) is 11.6 Å². The van der Waals surface area contributed by atoms with E-state index in [1.807, 2.05) is 0 Å². The maximum atomic E-state index is 12.5. The number of ether oxygens (including phenoxy) is 1. The highest BCUT2D eigenvalue weighted by Crippen LogP contribution is 2.50. The first-order valence-electron chi connectivity index (χ1n) is 7.85. The predicted molar refractivity (Wildman–Crippen MR) is 87.1 cm³/mol. The summed E-state index contributed by atoms with van der Waals surface area (Å²) in [5.74, 6) is -0.465. The van der Waals surface area contributed by atoms with Crippen molar-refractivity contribution in [3.8, 4) is 5.75 Å². The number of aromatic nitrogens is 1. The molecule has 0 saturated heterocycles. The van der Waals surface area contributed by atoms with E-state index in [2.05, 4.69) is 4.42 Å². The molecule has 0 amide bonds. The zero-order valence-electron chi connectivity index (χ0n) is 13.1. The van der Waals surface area contributed by atoms with Gasteiger partial charge in [-0.05, 0) is 37.8 Å². The molecule has 7 nitrogen and oxygen atoms in total. The van der Waals surface area contributed by atoms with E-state index < -0.39 is 26.0 Å². The second-order valence-electron chi connectivity index (χ2n) is 6.58. The number of benzene rings is 1. The number of hydrogen-bond donors (Lipinski definition) is 0. The summed E-state index contributed by atoms with van der Waals surface area (Å²) in [7, 11) is -1.70. The van der Waals surface area contributed by atoms with Crippen LogP contribution in [-0.4, -0.2) is 29.6 Å². The quantitative estimate of drug-likeness (QED) is 0.797. The lowest BCUT2D eigenvalue weighted by Crippen LogP contribution is -2.33. The van der Waals surface area contributed by atoms with Crippen molar-refractivity contribution in [2.24, 2.45) is 7.05 Å². The number of para-hydroxylation sites is 1. The summed E-state index contributed by atoms with van der Waals surface area (Å²) < 4.78 is 35.9. The Morgan fingerprint density at radius 1 is 1.29 bits per heavy atom. The van der Waals surface area contributed by atoms with Crippen LogP contribution in [0, 0.1) is 0 Å². The lowest BCUT2D eigenvalue weighted by atomic mass is 10.2. The largest absolute Gasteiger partial charge is 0.490 e. The van der Waals surface area contributed by atoms with Crippen molar-refractivity contribution in [1.82, 2.24) is 4.57 Å². The van der Waals surface area contributed by atoms with Gasteiger partial charge in [-0.25, -0.2) is 18.0 Å². The average Bonchev–Trinajstić information content (AvgIpc) is 3.43. The summed E-state index contributed by atoms with van der Waals surface area (Å²) in [6.07, 6.45) is 2.65. The molecule has 2 fully saturated rings. The molecule has 0 radical (unpaired) electrons. The lowest BCUT2D eigenvalue weighted by molar-refractivity contribution is 0.306. The SMILES string of the molecule is Cn1c(=O)oc(=O)c2cccc(OCC3(S(=O)(=O)C4CC4)CC3)c21. The smallest absolute Gasteiger partial charge is 0.422 e. The van der Waals surface area contributed by atoms with Gasteiger partial charge >= 0.3 is 11.4 Å². The molecule has 8 heteroatoms. The Morgan fingerprint density at radius 2 is 2.00 bits per heavy atom. The van der Waals surface area contributed by atoms with Gasteiger partial charge in [0.15, 0.2) is 9.84 Å². The minimum Gasteiger partial charge on any atom is -0.490 e. The molecule has 2 aliphatic rings. The zero-order valence-corrected chi connectivity index (χ0v) is 14.0. The van der Waals surface area contributed by atoms with Gasteiger partial charge in [0.2, 0.25) is 0 Å². The van der Waals surface area contributed by atoms with Gasteiger partial charge in [0.1, 0.15) is 22.6 Å². The van der Waals surface area contributed by atoms with Crippen molar-refractivity contribution in [2.75, 3.05) is 6.61 Å². The normalized spacial score (nSPS) is 19.4. The van der Waals surface area contributed by atoms with E-state index in [0.717, 1.165) is 12.8 Å². The Balaban J connectivity index is 1.71. The molecule has 0 spiro atoms. The molecule has 4 rings (SSSR count). The molecule has 128 valence electrons. The third-order valence-corrected chi connectivity index (χ3v) is 7.96. The van der Waals surface area contributed by atoms with Crippen molar-refractivity contribution >= 4 is 20.7 Å². The second kappa shape index (κ2) is 4.95. The van der Waals surface area contributed by atoms with Gasteiger partial charge in [-0.3, -0.25) is 4.57 Å². The van der Waals surface area contributed by atoms with Gasteiger partial charge in [0, 0.05) is 7.05 Å². The molecule has 2 saturated carbocycles. The van der Waals surface area contributed by atoms with Crippen molar-refractivity contribution in [1.29, 1.82) is 0 Å². The van der Waals surface area contributed by atoms with Crippen LogP contribution in [0.4, 0.5) is 0 Å². The van der Waals surface area contributed by atoms with Crippen molar-refractivity contribution in [3.05, 3.63) is 39.2 Å². The fourth-order valence-electron chi connectivity index (χ4n) is 3.04. The van der Waals surface area contributed by atoms with E-state index in [4.69, 9.17) is 4.74 Å². The molecule has 1 aromatic carbocycles. The summed E-state index contributed by atoms with van der Waals surface area (Å²) in [6.45, 7) is 0.0410. The van der Waals surface area contributed by atoms with Crippen LogP contribution < -0.4 is 16.1 Å². The molecule has 0 aliphatic heterocycles. The third kappa shape index (κ3) is 2.20. The van der Waals surface area contributed by atoms with Crippen LogP contribution in [0.15, 0.2) is 32.2 Å². The molecule has 2 aromatic rings. The summed E-state index contributed by atoms with van der Waals surface area (Å²) in [4.78, 5) is 23.6. The number of rotatable bonds is 5. The van der Waals surface area contributed by atoms with Crippen LogP contribution in [0.2, 0.25) is 0 Å². The van der Waals surface area contributed by atoms with Gasteiger partial charge in [-0.15, -0.1) is 0 Å². The van der Waals surface area contributed by atoms with Crippen LogP contribution in [0.3, 0.4) is 0 Å². The monoisotopic (exact) mass is 351 g/mol. The average molecular weight is 351 g/mol. The Kier molecular flexibility index (Phi) is 3.19. The number of sulfone groups is 1. The van der Waals surface area contributed by atoms with Crippen molar-refractivity contribution in [2.45, 2.75) is 35.7 Å². The van der Waals surface area contributed by atoms with Gasteiger partial charge in [-0.1, -0.05) is 6.07 Å². The zero-order chi connectivity index (χ0) is 17.1. The minimum atomic E-state index is -3.18. The highest BCUT2D eigenvalue weighted by atomic mass is 32.2. The predicted octanol–water partition coefficient (Wildman–Crippen LogP) is 0.980. The van der Waals surface area contributed by atoms with Gasteiger partial charge in [0.05, 0.1) is 10.6 Å². The molecule has 0 atom stereocenters. The molecular formula is C16H17NO6S. The van der Waals surface area contributed by atoms with Crippen molar-refractivity contribution < 1.29 is 17.6 Å². The molecule has 1 aromatic heterocycles. The van der Waals surface area contributed by atoms with Crippen LogP contribution in [0.25, 0.3) is 10.9 Å². The molecule has 2 aliphatic carbocycles. The summed E-state index contributed by atoms with van der Waals surface area (Å²) >= 11 is 0. The Labute approximate surface area is 137 Å². The van der Waals surface area contributed by atoms with E-state index in [0.29, 0.717) is 24.1 Å². The number of aryl methyl sites for hydroxylation is 1. The molecule has 24 heavy (non-hydrogen) atoms. The molecule has 0 bridgehead atoms. The van der Waals surface area contributed by atoms with E-state index in [9.17, 15) is 18.0 Å². The van der Waals surface area contributed by atoms with Crippen LogP contribution in [-0.2, 0) is 16.9 Å². The first kappa shape index (κ1) is 15.4. The van der Waals surface area contributed by atoms with E-state index in [1.54, 1.807) is 18.2 Å². The van der Waals surface area contributed by atoms with E-state index in [-0.39, 0.29) is 17.2 Å². The van der Waals surface area contributed by atoms with Gasteiger partial charge in [-0.2, -0.15) is 0 Å². The Hall–Kier alpha value is -2.09. The molecule has 0 unspecified atom stereocenters. The summed E-state index contributed by atoms with van der Waals surface area (Å²) in [5.41, 5.74) is -0.413. The van der Waals surface area contributed by atoms with Crippen molar-refractivity contribution in [3.63, 3.8) is 0 Å². The van der Waals surface area contributed by atoms with Crippen LogP contribution >= 0.6 is 0 Å². The fourth-order valence-corrected chi connectivity index (χ4v) is 5.39. The highest BCUT2D eigenvalue weighted by molar-refractivity contribution is 7.94. The van der Waals surface area contributed by atoms with Crippen LogP contribution in [0.1, 0.15) is 25.7 Å². The van der Waals surface area contributed by atoms with Gasteiger partial charge < -0.3 is 9.15 Å². The lowest BCUT2D eigenvalue weighted by Gasteiger charge is -2.18. The first-order valence-corrected chi connectivity index (χ1v) is 9.39. The van der Waals surface area contributed by atoms with E-state index >= 15 is 0 Å². The Bertz CT molecular complexity index is 1040. The maximum absolute atomic E-state index is 12.5. The third-order valence-electron chi connectivity index (χ3n) is 4.87. The highest BCUT2D eigenvalue weighted by Gasteiger charge is 2.60. The summed E-state index contributed by atoms with van der Waals surface area (Å²) in [6, 6.07) is 4.79. The second-order valence-corrected chi connectivity index (χ2v) is 9.21.